The first-order chi connectivity index (χ1) is 12.7. The lowest BCUT2D eigenvalue weighted by Crippen LogP contribution is -2.31. The second kappa shape index (κ2) is 7.05. The van der Waals surface area contributed by atoms with Crippen molar-refractivity contribution in [2.75, 3.05) is 0 Å². The third-order valence-electron chi connectivity index (χ3n) is 4.45. The number of rotatable bonds is 1. The normalized spacial score (nSPS) is 11.4. The van der Waals surface area contributed by atoms with Gasteiger partial charge in [0, 0.05) is 6.92 Å². The van der Waals surface area contributed by atoms with Gasteiger partial charge in [0.15, 0.2) is 5.52 Å². The van der Waals surface area contributed by atoms with Crippen LogP contribution in [0.25, 0.3) is 22.3 Å². The summed E-state index contributed by atoms with van der Waals surface area (Å²) in [7, 11) is -0.240. The number of hydrogen-bond donors (Lipinski definition) is 0. The molecule has 0 spiro atoms. The number of benzene rings is 2. The average Bonchev–Trinajstić information content (AvgIpc) is 2.84. The van der Waals surface area contributed by atoms with E-state index >= 15 is 0 Å². The predicted octanol–water partition coefficient (Wildman–Crippen LogP) is 2.15. The first kappa shape index (κ1) is 18.9. The minimum Gasteiger partial charge on any atom is -0.744 e. The zero-order valence-corrected chi connectivity index (χ0v) is 16.4. The molecule has 7 nitrogen and oxygen atoms in total. The van der Waals surface area contributed by atoms with Crippen molar-refractivity contribution in [1.82, 2.24) is 14.5 Å². The molecule has 4 aromatic rings. The zero-order valence-electron chi connectivity index (χ0n) is 15.5. The Morgan fingerprint density at radius 2 is 1.52 bits per heavy atom. The summed E-state index contributed by atoms with van der Waals surface area (Å²) in [4.78, 5) is 9.10. The van der Waals surface area contributed by atoms with Gasteiger partial charge in [-0.1, -0.05) is 34.8 Å². The van der Waals surface area contributed by atoms with Gasteiger partial charge < -0.3 is 4.55 Å². The molecule has 2 aromatic carbocycles. The molecule has 0 fully saturated rings. The molecule has 0 unspecified atom stereocenters. The first-order valence-corrected chi connectivity index (χ1v) is 9.69. The van der Waals surface area contributed by atoms with E-state index < -0.39 is 10.1 Å². The molecular weight excluding hydrogens is 364 g/mol. The van der Waals surface area contributed by atoms with Crippen LogP contribution in [0, 0.1) is 13.8 Å². The van der Waals surface area contributed by atoms with Gasteiger partial charge >= 0.3 is 5.65 Å². The highest BCUT2D eigenvalue weighted by molar-refractivity contribution is 7.85. The molecule has 140 valence electrons. The molecule has 2 aromatic heterocycles. The Balaban J connectivity index is 0.000000168. The molecule has 27 heavy (non-hydrogen) atoms. The van der Waals surface area contributed by atoms with Gasteiger partial charge in [0.2, 0.25) is 5.82 Å². The Morgan fingerprint density at radius 1 is 0.963 bits per heavy atom. The smallest absolute Gasteiger partial charge is 0.322 e. The van der Waals surface area contributed by atoms with E-state index in [0.29, 0.717) is 0 Å². The van der Waals surface area contributed by atoms with Gasteiger partial charge in [-0.2, -0.15) is 0 Å². The van der Waals surface area contributed by atoms with Crippen LogP contribution in [0.5, 0.6) is 0 Å². The molecule has 0 aliphatic heterocycles. The number of aryl methyl sites for hydroxylation is 3. The van der Waals surface area contributed by atoms with Crippen molar-refractivity contribution < 1.29 is 17.5 Å². The molecular formula is C19H20N4O3S. The maximum absolute atomic E-state index is 10.4. The predicted molar refractivity (Wildman–Crippen MR) is 101 cm³/mol. The zero-order chi connectivity index (χ0) is 19.8. The molecule has 4 rings (SSSR count). The van der Waals surface area contributed by atoms with Crippen molar-refractivity contribution in [3.63, 3.8) is 0 Å². The van der Waals surface area contributed by atoms with Crippen LogP contribution in [0.15, 0.2) is 53.4 Å². The van der Waals surface area contributed by atoms with E-state index in [1.54, 1.807) is 12.1 Å². The fourth-order valence-corrected chi connectivity index (χ4v) is 3.14. The van der Waals surface area contributed by atoms with Crippen LogP contribution in [0.1, 0.15) is 11.4 Å². The quantitative estimate of drug-likeness (QED) is 0.370. The van der Waals surface area contributed by atoms with Crippen molar-refractivity contribution in [1.29, 1.82) is 0 Å². The van der Waals surface area contributed by atoms with Gasteiger partial charge in [0.1, 0.15) is 15.6 Å². The van der Waals surface area contributed by atoms with E-state index in [0.717, 1.165) is 33.7 Å². The van der Waals surface area contributed by atoms with Crippen molar-refractivity contribution in [2.24, 2.45) is 14.1 Å². The summed E-state index contributed by atoms with van der Waals surface area (Å²) in [6.07, 6.45) is 0. The number of para-hydroxylation sites is 2. The SMILES string of the molecule is Cc1ccc(S(=O)(=O)[O-])cc1.Cc1n(C)c2nc3ccccc3nc2[n+]1C. The van der Waals surface area contributed by atoms with E-state index in [9.17, 15) is 13.0 Å². The minimum absolute atomic E-state index is 0.178. The first-order valence-electron chi connectivity index (χ1n) is 8.29. The molecule has 0 atom stereocenters. The highest BCUT2D eigenvalue weighted by atomic mass is 32.2. The summed E-state index contributed by atoms with van der Waals surface area (Å²) in [5.41, 5.74) is 4.67. The van der Waals surface area contributed by atoms with Crippen LogP contribution in [-0.4, -0.2) is 27.5 Å². The third-order valence-corrected chi connectivity index (χ3v) is 5.30. The lowest BCUT2D eigenvalue weighted by Gasteiger charge is -2.05. The fraction of sp³-hybridized carbons (Fsp3) is 0.211. The molecule has 0 saturated carbocycles. The van der Waals surface area contributed by atoms with E-state index in [4.69, 9.17) is 0 Å². The van der Waals surface area contributed by atoms with Crippen LogP contribution in [-0.2, 0) is 24.2 Å². The molecule has 0 N–H and O–H groups in total. The molecule has 0 aliphatic rings. The summed E-state index contributed by atoms with van der Waals surface area (Å²) in [6, 6.07) is 13.7. The van der Waals surface area contributed by atoms with Crippen molar-refractivity contribution in [3.8, 4) is 0 Å². The Morgan fingerprint density at radius 3 is 2.07 bits per heavy atom. The van der Waals surface area contributed by atoms with Gasteiger partial charge in [-0.15, -0.1) is 0 Å². The molecule has 2 heterocycles. The van der Waals surface area contributed by atoms with Crippen molar-refractivity contribution in [3.05, 3.63) is 59.9 Å². The lowest BCUT2D eigenvalue weighted by molar-refractivity contribution is -0.654. The van der Waals surface area contributed by atoms with Crippen LogP contribution in [0.4, 0.5) is 0 Å². The highest BCUT2D eigenvalue weighted by Crippen LogP contribution is 2.14. The summed E-state index contributed by atoms with van der Waals surface area (Å²) in [5, 5.41) is 0. The maximum atomic E-state index is 10.4. The number of aromatic nitrogens is 4. The van der Waals surface area contributed by atoms with Gasteiger partial charge in [-0.05, 0) is 31.2 Å². The summed E-state index contributed by atoms with van der Waals surface area (Å²) < 4.78 is 35.3. The van der Waals surface area contributed by atoms with E-state index in [1.807, 2.05) is 45.3 Å². The summed E-state index contributed by atoms with van der Waals surface area (Å²) in [6.45, 7) is 3.88. The van der Waals surface area contributed by atoms with Crippen molar-refractivity contribution >= 4 is 32.4 Å². The molecule has 0 radical (unpaired) electrons. The Labute approximate surface area is 157 Å². The standard InChI is InChI=1S/C12H13N4.C7H8O3S/c1-8-15(2)11-12(16(8)3)14-10-7-5-4-6-9(10)13-11;1-6-2-4-7(5-3-6)11(8,9)10/h4-7H,1-3H3;2-5H,1H3,(H,8,9,10)/q+1;/p-1. The number of hydrogen-bond acceptors (Lipinski definition) is 5. The Bertz CT molecular complexity index is 1170. The number of fused-ring (bicyclic) bond motifs is 2. The van der Waals surface area contributed by atoms with E-state index in [-0.39, 0.29) is 4.90 Å². The van der Waals surface area contributed by atoms with Crippen LogP contribution in [0.3, 0.4) is 0 Å². The second-order valence-electron chi connectivity index (χ2n) is 6.29. The van der Waals surface area contributed by atoms with Gasteiger partial charge in [0.05, 0.1) is 19.0 Å². The monoisotopic (exact) mass is 384 g/mol. The maximum Gasteiger partial charge on any atom is 0.322 e. The summed E-state index contributed by atoms with van der Waals surface area (Å²) in [5.74, 6) is 1.14. The van der Waals surface area contributed by atoms with Crippen LogP contribution in [0.2, 0.25) is 0 Å². The summed E-state index contributed by atoms with van der Waals surface area (Å²) >= 11 is 0. The third kappa shape index (κ3) is 3.81. The van der Waals surface area contributed by atoms with E-state index in [1.165, 1.54) is 12.1 Å². The molecule has 0 aliphatic carbocycles. The van der Waals surface area contributed by atoms with Crippen LogP contribution >= 0.6 is 0 Å². The Kier molecular flexibility index (Phi) is 4.95. The Hall–Kier alpha value is -2.84. The topological polar surface area (TPSA) is 91.8 Å². The highest BCUT2D eigenvalue weighted by Gasteiger charge is 2.19. The van der Waals surface area contributed by atoms with Gasteiger partial charge in [0.25, 0.3) is 5.65 Å². The average molecular weight is 384 g/mol. The lowest BCUT2D eigenvalue weighted by atomic mass is 10.2. The second-order valence-corrected chi connectivity index (χ2v) is 7.67. The van der Waals surface area contributed by atoms with Crippen LogP contribution < -0.4 is 4.57 Å². The fourth-order valence-electron chi connectivity index (χ4n) is 2.67. The van der Waals surface area contributed by atoms with Crippen molar-refractivity contribution in [2.45, 2.75) is 18.7 Å². The minimum atomic E-state index is -4.27. The molecule has 8 heteroatoms. The molecule has 0 bridgehead atoms. The van der Waals surface area contributed by atoms with Gasteiger partial charge in [-0.3, -0.25) is 0 Å². The number of nitrogens with zero attached hydrogens (tertiary/aromatic N) is 4. The van der Waals surface area contributed by atoms with Gasteiger partial charge in [-0.25, -0.2) is 22.5 Å². The molecule has 0 amide bonds. The molecule has 0 saturated heterocycles. The number of imidazole rings is 1. The van der Waals surface area contributed by atoms with E-state index in [2.05, 4.69) is 26.0 Å². The largest absolute Gasteiger partial charge is 0.744 e.